The maximum Gasteiger partial charge on any atom is 0.127 e. The summed E-state index contributed by atoms with van der Waals surface area (Å²) in [4.78, 5) is 5.25. The minimum Gasteiger partial charge on any atom is -0.497 e. The van der Waals surface area contributed by atoms with E-state index in [2.05, 4.69) is 22.8 Å². The van der Waals surface area contributed by atoms with E-state index < -0.39 is 0 Å². The number of fused-ring (bicyclic) bond motifs is 1. The van der Waals surface area contributed by atoms with Crippen LogP contribution in [0.3, 0.4) is 0 Å². The maximum atomic E-state index is 5.53. The van der Waals surface area contributed by atoms with E-state index >= 15 is 0 Å². The first-order chi connectivity index (χ1) is 10.2. The van der Waals surface area contributed by atoms with Crippen molar-refractivity contribution in [2.24, 2.45) is 0 Å². The van der Waals surface area contributed by atoms with Crippen LogP contribution in [0.2, 0.25) is 0 Å². The largest absolute Gasteiger partial charge is 0.497 e. The number of ether oxygens (including phenoxy) is 2. The number of nitrogens with zero attached hydrogens (tertiary/aromatic N) is 2. The monoisotopic (exact) mass is 290 g/mol. The zero-order valence-corrected chi connectivity index (χ0v) is 13.3. The highest BCUT2D eigenvalue weighted by Crippen LogP contribution is 2.29. The molecular formula is C17H26N2O2. The van der Waals surface area contributed by atoms with E-state index in [1.165, 1.54) is 38.0 Å². The Morgan fingerprint density at radius 3 is 2.81 bits per heavy atom. The fourth-order valence-corrected chi connectivity index (χ4v) is 3.67. The van der Waals surface area contributed by atoms with Gasteiger partial charge in [0.05, 0.1) is 14.2 Å². The Labute approximate surface area is 127 Å². The summed E-state index contributed by atoms with van der Waals surface area (Å²) in [5.74, 6) is 1.78. The molecule has 2 fully saturated rings. The summed E-state index contributed by atoms with van der Waals surface area (Å²) in [5, 5.41) is 0. The molecule has 1 aromatic rings. The number of benzene rings is 1. The van der Waals surface area contributed by atoms with Crippen LogP contribution >= 0.6 is 0 Å². The Kier molecular flexibility index (Phi) is 4.36. The third-order valence-electron chi connectivity index (χ3n) is 4.93. The number of piperazine rings is 1. The third-order valence-corrected chi connectivity index (χ3v) is 4.93. The molecule has 0 spiro atoms. The minimum atomic E-state index is 0.603. The molecule has 4 heteroatoms. The van der Waals surface area contributed by atoms with E-state index in [1.54, 1.807) is 14.2 Å². The average Bonchev–Trinajstić information content (AvgIpc) is 2.95. The number of methoxy groups -OCH3 is 2. The van der Waals surface area contributed by atoms with Gasteiger partial charge in [0.25, 0.3) is 0 Å². The zero-order valence-electron chi connectivity index (χ0n) is 13.3. The van der Waals surface area contributed by atoms with Crippen molar-refractivity contribution in [1.82, 2.24) is 9.80 Å². The minimum absolute atomic E-state index is 0.603. The zero-order chi connectivity index (χ0) is 14.8. The Morgan fingerprint density at radius 2 is 2.05 bits per heavy atom. The van der Waals surface area contributed by atoms with Gasteiger partial charge in [0.15, 0.2) is 0 Å². The molecule has 2 saturated heterocycles. The Morgan fingerprint density at radius 1 is 1.19 bits per heavy atom. The van der Waals surface area contributed by atoms with E-state index in [1.807, 2.05) is 12.1 Å². The van der Waals surface area contributed by atoms with Gasteiger partial charge < -0.3 is 9.47 Å². The molecule has 0 unspecified atom stereocenters. The topological polar surface area (TPSA) is 24.9 Å². The highest BCUT2D eigenvalue weighted by Gasteiger charge is 2.34. The average molecular weight is 290 g/mol. The lowest BCUT2D eigenvalue weighted by Crippen LogP contribution is -2.54. The van der Waals surface area contributed by atoms with Crippen LogP contribution in [0.5, 0.6) is 11.5 Å². The van der Waals surface area contributed by atoms with Crippen molar-refractivity contribution in [3.63, 3.8) is 0 Å². The molecule has 0 amide bonds. The molecule has 3 rings (SSSR count). The molecule has 0 bridgehead atoms. The second-order valence-electron chi connectivity index (χ2n) is 6.25. The van der Waals surface area contributed by atoms with Crippen LogP contribution in [-0.4, -0.2) is 55.7 Å². The van der Waals surface area contributed by atoms with Gasteiger partial charge in [0.2, 0.25) is 0 Å². The molecule has 0 aromatic heterocycles. The maximum absolute atomic E-state index is 5.53. The van der Waals surface area contributed by atoms with E-state index in [0.29, 0.717) is 6.04 Å². The first-order valence-electron chi connectivity index (χ1n) is 7.90. The molecule has 0 saturated carbocycles. The lowest BCUT2D eigenvalue weighted by molar-refractivity contribution is 0.0535. The summed E-state index contributed by atoms with van der Waals surface area (Å²) in [6, 6.07) is 7.49. The lowest BCUT2D eigenvalue weighted by Gasteiger charge is -2.42. The predicted octanol–water partition coefficient (Wildman–Crippen LogP) is 2.37. The van der Waals surface area contributed by atoms with E-state index in [9.17, 15) is 0 Å². The van der Waals surface area contributed by atoms with Crippen molar-refractivity contribution in [2.45, 2.75) is 38.4 Å². The number of rotatable bonds is 4. The first-order valence-corrected chi connectivity index (χ1v) is 7.90. The van der Waals surface area contributed by atoms with E-state index in [4.69, 9.17) is 9.47 Å². The van der Waals surface area contributed by atoms with Crippen LogP contribution in [0.25, 0.3) is 0 Å². The standard InChI is InChI=1S/C17H26N2O2/c1-13-10-18-8-4-5-15(18)12-19(13)11-14-6-7-16(20-2)9-17(14)21-3/h6-7,9,13,15H,4-5,8,10-12H2,1-3H3/t13-,15-/m1/s1. The summed E-state index contributed by atoms with van der Waals surface area (Å²) in [7, 11) is 3.42. The fraction of sp³-hybridized carbons (Fsp3) is 0.647. The summed E-state index contributed by atoms with van der Waals surface area (Å²) in [5.41, 5.74) is 1.25. The van der Waals surface area contributed by atoms with Crippen LogP contribution in [0, 0.1) is 0 Å². The van der Waals surface area contributed by atoms with Gasteiger partial charge in [-0.3, -0.25) is 9.80 Å². The fourth-order valence-electron chi connectivity index (χ4n) is 3.67. The van der Waals surface area contributed by atoms with Crippen LogP contribution in [0.4, 0.5) is 0 Å². The molecule has 0 aliphatic carbocycles. The van der Waals surface area contributed by atoms with Crippen LogP contribution in [0.1, 0.15) is 25.3 Å². The molecule has 0 N–H and O–H groups in total. The Bertz CT molecular complexity index is 492. The highest BCUT2D eigenvalue weighted by molar-refractivity contribution is 5.40. The third kappa shape index (κ3) is 3.01. The molecule has 0 radical (unpaired) electrons. The molecule has 2 atom stereocenters. The molecule has 2 aliphatic rings. The summed E-state index contributed by atoms with van der Waals surface area (Å²) in [6.45, 7) is 6.96. The Hall–Kier alpha value is -1.26. The summed E-state index contributed by atoms with van der Waals surface area (Å²) < 4.78 is 10.8. The van der Waals surface area contributed by atoms with Gasteiger partial charge >= 0.3 is 0 Å². The van der Waals surface area contributed by atoms with Crippen LogP contribution in [-0.2, 0) is 6.54 Å². The SMILES string of the molecule is COc1ccc(CN2C[C@H]3CCCN3C[C@H]2C)c(OC)c1. The number of hydrogen-bond acceptors (Lipinski definition) is 4. The van der Waals surface area contributed by atoms with Gasteiger partial charge in [-0.25, -0.2) is 0 Å². The second kappa shape index (κ2) is 6.24. The van der Waals surface area contributed by atoms with Gasteiger partial charge in [0.1, 0.15) is 11.5 Å². The van der Waals surface area contributed by atoms with Crippen LogP contribution < -0.4 is 9.47 Å². The van der Waals surface area contributed by atoms with Crippen molar-refractivity contribution in [1.29, 1.82) is 0 Å². The van der Waals surface area contributed by atoms with Crippen molar-refractivity contribution in [2.75, 3.05) is 33.9 Å². The van der Waals surface area contributed by atoms with Gasteiger partial charge in [-0.1, -0.05) is 6.07 Å². The lowest BCUT2D eigenvalue weighted by atomic mass is 10.1. The van der Waals surface area contributed by atoms with Crippen molar-refractivity contribution in [3.05, 3.63) is 23.8 Å². The van der Waals surface area contributed by atoms with Gasteiger partial charge in [-0.2, -0.15) is 0 Å². The van der Waals surface area contributed by atoms with E-state index in [0.717, 1.165) is 24.1 Å². The van der Waals surface area contributed by atoms with Gasteiger partial charge in [-0.05, 0) is 32.4 Å². The summed E-state index contributed by atoms with van der Waals surface area (Å²) in [6.07, 6.45) is 2.71. The Balaban J connectivity index is 1.73. The smallest absolute Gasteiger partial charge is 0.127 e. The van der Waals surface area contributed by atoms with Crippen molar-refractivity contribution >= 4 is 0 Å². The van der Waals surface area contributed by atoms with Gasteiger partial charge in [-0.15, -0.1) is 0 Å². The van der Waals surface area contributed by atoms with Crippen molar-refractivity contribution in [3.8, 4) is 11.5 Å². The summed E-state index contributed by atoms with van der Waals surface area (Å²) >= 11 is 0. The first kappa shape index (κ1) is 14.7. The normalized spacial score (nSPS) is 26.6. The van der Waals surface area contributed by atoms with E-state index in [-0.39, 0.29) is 0 Å². The number of hydrogen-bond donors (Lipinski definition) is 0. The highest BCUT2D eigenvalue weighted by atomic mass is 16.5. The quantitative estimate of drug-likeness (QED) is 0.850. The molecule has 2 aliphatic heterocycles. The van der Waals surface area contributed by atoms with Crippen molar-refractivity contribution < 1.29 is 9.47 Å². The molecule has 1 aromatic carbocycles. The molecule has 116 valence electrons. The van der Waals surface area contributed by atoms with Crippen LogP contribution in [0.15, 0.2) is 18.2 Å². The molecule has 21 heavy (non-hydrogen) atoms. The molecule has 4 nitrogen and oxygen atoms in total. The second-order valence-corrected chi connectivity index (χ2v) is 6.25. The molecular weight excluding hydrogens is 264 g/mol. The molecule has 2 heterocycles. The predicted molar refractivity (Wildman–Crippen MR) is 84.0 cm³/mol. The van der Waals surface area contributed by atoms with Gasteiger partial charge in [0, 0.05) is 43.3 Å².